The van der Waals surface area contributed by atoms with Gasteiger partial charge in [-0.1, -0.05) is 62.7 Å². The first-order chi connectivity index (χ1) is 11.9. The van der Waals surface area contributed by atoms with Crippen LogP contribution in [0.5, 0.6) is 0 Å². The van der Waals surface area contributed by atoms with E-state index in [-0.39, 0.29) is 5.91 Å². The third-order valence-corrected chi connectivity index (χ3v) is 4.35. The lowest BCUT2D eigenvalue weighted by molar-refractivity contribution is 0.0741. The van der Waals surface area contributed by atoms with Gasteiger partial charge in [-0.05, 0) is 31.6 Å². The third-order valence-electron chi connectivity index (χ3n) is 4.35. The van der Waals surface area contributed by atoms with E-state index in [1.54, 1.807) is 6.20 Å². The molecule has 1 heterocycles. The second-order valence-electron chi connectivity index (χ2n) is 7.59. The Morgan fingerprint density at radius 2 is 1.60 bits per heavy atom. The Bertz CT molecular complexity index is 659. The molecule has 0 atom stereocenters. The lowest BCUT2D eigenvalue weighted by Gasteiger charge is -2.24. The Morgan fingerprint density at radius 1 is 1.04 bits per heavy atom. The molecule has 4 heteroatoms. The van der Waals surface area contributed by atoms with Gasteiger partial charge >= 0.3 is 0 Å². The molecule has 0 saturated heterocycles. The van der Waals surface area contributed by atoms with Crippen molar-refractivity contribution >= 4 is 5.91 Å². The van der Waals surface area contributed by atoms with E-state index in [4.69, 9.17) is 4.52 Å². The maximum Gasteiger partial charge on any atom is 0.259 e. The molecule has 25 heavy (non-hydrogen) atoms. The summed E-state index contributed by atoms with van der Waals surface area (Å²) < 4.78 is 5.42. The highest BCUT2D eigenvalue weighted by molar-refractivity contribution is 5.99. The van der Waals surface area contributed by atoms with Gasteiger partial charge in [-0.3, -0.25) is 4.79 Å². The molecule has 0 aliphatic carbocycles. The summed E-state index contributed by atoms with van der Waals surface area (Å²) in [6.45, 7) is 12.3. The van der Waals surface area contributed by atoms with E-state index >= 15 is 0 Å². The van der Waals surface area contributed by atoms with Gasteiger partial charge in [0, 0.05) is 18.7 Å². The van der Waals surface area contributed by atoms with Crippen molar-refractivity contribution in [1.29, 1.82) is 0 Å². The van der Waals surface area contributed by atoms with Crippen molar-refractivity contribution < 1.29 is 9.32 Å². The van der Waals surface area contributed by atoms with Crippen molar-refractivity contribution in [3.05, 3.63) is 41.6 Å². The minimum atomic E-state index is 0.0122. The molecule has 0 bridgehead atoms. The van der Waals surface area contributed by atoms with Gasteiger partial charge in [0.05, 0.1) is 6.20 Å². The van der Waals surface area contributed by atoms with Crippen LogP contribution in [0.2, 0.25) is 0 Å². The van der Waals surface area contributed by atoms with Crippen molar-refractivity contribution in [2.24, 2.45) is 11.8 Å². The smallest absolute Gasteiger partial charge is 0.259 e. The van der Waals surface area contributed by atoms with Crippen LogP contribution in [-0.4, -0.2) is 29.1 Å². The second kappa shape index (κ2) is 8.84. The Kier molecular flexibility index (Phi) is 6.80. The van der Waals surface area contributed by atoms with Crippen LogP contribution < -0.4 is 0 Å². The average molecular weight is 342 g/mol. The number of amides is 1. The number of hydrogen-bond acceptors (Lipinski definition) is 3. The Morgan fingerprint density at radius 3 is 2.12 bits per heavy atom. The van der Waals surface area contributed by atoms with Gasteiger partial charge in [-0.15, -0.1) is 0 Å². The SMILES string of the molecule is Cc1ccc(-c2oncc2C(=O)N(CCC(C)C)CCC(C)C)cc1. The largest absolute Gasteiger partial charge is 0.355 e. The molecule has 0 aliphatic heterocycles. The van der Waals surface area contributed by atoms with E-state index in [1.165, 1.54) is 5.56 Å². The number of hydrogen-bond donors (Lipinski definition) is 0. The first-order valence-corrected chi connectivity index (χ1v) is 9.19. The van der Waals surface area contributed by atoms with Gasteiger partial charge < -0.3 is 9.42 Å². The fourth-order valence-corrected chi connectivity index (χ4v) is 2.62. The molecule has 0 radical (unpaired) electrons. The zero-order valence-electron chi connectivity index (χ0n) is 16.1. The monoisotopic (exact) mass is 342 g/mol. The normalized spacial score (nSPS) is 11.3. The number of aromatic nitrogens is 1. The predicted octanol–water partition coefficient (Wildman–Crippen LogP) is 5.18. The lowest BCUT2D eigenvalue weighted by atomic mass is 10.0. The molecule has 0 fully saturated rings. The van der Waals surface area contributed by atoms with Gasteiger partial charge in [0.15, 0.2) is 5.76 Å². The minimum absolute atomic E-state index is 0.0122. The van der Waals surface area contributed by atoms with Crippen LogP contribution in [0.1, 0.15) is 56.5 Å². The molecule has 0 aliphatic rings. The van der Waals surface area contributed by atoms with E-state index in [9.17, 15) is 4.79 Å². The van der Waals surface area contributed by atoms with Gasteiger partial charge in [0.1, 0.15) is 5.56 Å². The molecule has 2 aromatic rings. The summed E-state index contributed by atoms with van der Waals surface area (Å²) in [6, 6.07) is 7.97. The van der Waals surface area contributed by atoms with E-state index < -0.39 is 0 Å². The molecule has 0 spiro atoms. The topological polar surface area (TPSA) is 46.3 Å². The van der Waals surface area contributed by atoms with Crippen molar-refractivity contribution in [2.45, 2.75) is 47.5 Å². The Labute approximate surface area is 151 Å². The van der Waals surface area contributed by atoms with Crippen molar-refractivity contribution in [3.8, 4) is 11.3 Å². The molecule has 1 aromatic carbocycles. The summed E-state index contributed by atoms with van der Waals surface area (Å²) in [4.78, 5) is 15.1. The van der Waals surface area contributed by atoms with Gasteiger partial charge in [-0.2, -0.15) is 0 Å². The lowest BCUT2D eigenvalue weighted by Crippen LogP contribution is -2.34. The molecular weight excluding hydrogens is 312 g/mol. The number of aryl methyl sites for hydroxylation is 1. The number of rotatable bonds is 8. The Hall–Kier alpha value is -2.10. The zero-order valence-corrected chi connectivity index (χ0v) is 16.1. The van der Waals surface area contributed by atoms with Crippen LogP contribution in [0, 0.1) is 18.8 Å². The number of carbonyl (C=O) groups excluding carboxylic acids is 1. The standard InChI is InChI=1S/C21H30N2O2/c1-15(2)10-12-23(13-11-16(3)4)21(24)19-14-22-25-20(19)18-8-6-17(5)7-9-18/h6-9,14-16H,10-13H2,1-5H3. The molecule has 1 aromatic heterocycles. The van der Waals surface area contributed by atoms with Crippen LogP contribution >= 0.6 is 0 Å². The van der Waals surface area contributed by atoms with Gasteiger partial charge in [-0.25, -0.2) is 0 Å². The van der Waals surface area contributed by atoms with Gasteiger partial charge in [0.2, 0.25) is 0 Å². The molecule has 1 amide bonds. The van der Waals surface area contributed by atoms with Gasteiger partial charge in [0.25, 0.3) is 5.91 Å². The van der Waals surface area contributed by atoms with E-state index in [0.29, 0.717) is 23.2 Å². The van der Waals surface area contributed by atoms with E-state index in [2.05, 4.69) is 32.9 Å². The fourth-order valence-electron chi connectivity index (χ4n) is 2.62. The molecule has 0 N–H and O–H groups in total. The first-order valence-electron chi connectivity index (χ1n) is 9.19. The third kappa shape index (κ3) is 5.45. The van der Waals surface area contributed by atoms with Crippen molar-refractivity contribution in [2.75, 3.05) is 13.1 Å². The summed E-state index contributed by atoms with van der Waals surface area (Å²) in [6.07, 6.45) is 3.54. The van der Waals surface area contributed by atoms with E-state index in [1.807, 2.05) is 36.1 Å². The molecule has 2 rings (SSSR count). The van der Waals surface area contributed by atoms with Crippen LogP contribution in [-0.2, 0) is 0 Å². The molecule has 0 saturated carbocycles. The molecular formula is C21H30N2O2. The minimum Gasteiger partial charge on any atom is -0.355 e. The van der Waals surface area contributed by atoms with Crippen LogP contribution in [0.4, 0.5) is 0 Å². The highest BCUT2D eigenvalue weighted by atomic mass is 16.5. The maximum atomic E-state index is 13.1. The van der Waals surface area contributed by atoms with Crippen molar-refractivity contribution in [1.82, 2.24) is 10.1 Å². The number of carbonyl (C=O) groups is 1. The number of benzene rings is 1. The van der Waals surface area contributed by atoms with Crippen molar-refractivity contribution in [3.63, 3.8) is 0 Å². The summed E-state index contributed by atoms with van der Waals surface area (Å²) in [7, 11) is 0. The molecule has 0 unspecified atom stereocenters. The Balaban J connectivity index is 2.23. The number of nitrogens with zero attached hydrogens (tertiary/aromatic N) is 2. The maximum absolute atomic E-state index is 13.1. The predicted molar refractivity (Wildman–Crippen MR) is 101 cm³/mol. The van der Waals surface area contributed by atoms with Crippen LogP contribution in [0.25, 0.3) is 11.3 Å². The fraction of sp³-hybridized carbons (Fsp3) is 0.524. The van der Waals surface area contributed by atoms with E-state index in [0.717, 1.165) is 31.5 Å². The second-order valence-corrected chi connectivity index (χ2v) is 7.59. The molecule has 136 valence electrons. The first kappa shape index (κ1) is 19.2. The summed E-state index contributed by atoms with van der Waals surface area (Å²) >= 11 is 0. The van der Waals surface area contributed by atoms with Crippen LogP contribution in [0.3, 0.4) is 0 Å². The summed E-state index contributed by atoms with van der Waals surface area (Å²) in [5.74, 6) is 1.70. The highest BCUT2D eigenvalue weighted by Crippen LogP contribution is 2.25. The summed E-state index contributed by atoms with van der Waals surface area (Å²) in [5, 5.41) is 3.89. The summed E-state index contributed by atoms with van der Waals surface area (Å²) in [5.41, 5.74) is 2.61. The average Bonchev–Trinajstić information content (AvgIpc) is 3.04. The highest BCUT2D eigenvalue weighted by Gasteiger charge is 2.23. The molecule has 4 nitrogen and oxygen atoms in total. The van der Waals surface area contributed by atoms with Crippen LogP contribution in [0.15, 0.2) is 35.0 Å². The quantitative estimate of drug-likeness (QED) is 0.663. The zero-order chi connectivity index (χ0) is 18.4.